The molecule has 4 heterocycles. The molecule has 0 saturated carbocycles. The molecule has 0 radical (unpaired) electrons. The Bertz CT molecular complexity index is 1700. The van der Waals surface area contributed by atoms with E-state index in [4.69, 9.17) is 9.47 Å². The number of hydrogen-bond acceptors (Lipinski definition) is 9. The third-order valence-electron chi connectivity index (χ3n) is 11.0. The number of piperazine rings is 1. The van der Waals surface area contributed by atoms with Gasteiger partial charge in [0.05, 0.1) is 23.2 Å². The number of methoxy groups -OCH3 is 1. The molecule has 10 heteroatoms. The van der Waals surface area contributed by atoms with Crippen LogP contribution in [0, 0.1) is 5.41 Å². The summed E-state index contributed by atoms with van der Waals surface area (Å²) in [5.74, 6) is 1.34. The van der Waals surface area contributed by atoms with Crippen LogP contribution in [0.25, 0.3) is 10.9 Å². The maximum absolute atomic E-state index is 14.4. The van der Waals surface area contributed by atoms with Crippen LogP contribution in [0.5, 0.6) is 11.5 Å². The van der Waals surface area contributed by atoms with E-state index in [1.54, 1.807) is 37.6 Å². The molecule has 3 saturated heterocycles. The van der Waals surface area contributed by atoms with Crippen molar-refractivity contribution >= 4 is 26.4 Å². The molecule has 6 rings (SSSR count). The zero-order valence-corrected chi connectivity index (χ0v) is 32.3. The standard InChI is InChI=1S/C40H59N5O4S/c1-8-42-19-15-30(16-20-42)43-23-25-44(26-24-43)31-17-21-45(22-18-31)38-35-27-33(48-7)11-14-36(35)41-28-37(38)50(46,47)34-12-9-32(10-13-34)49-40(5,6)29-39(2,3)4/h9-14,27-28,30-31H,8,15-26,29H2,1-7H3. The van der Waals surface area contributed by atoms with E-state index >= 15 is 0 Å². The normalized spacial score (nSPS) is 20.0. The van der Waals surface area contributed by atoms with E-state index in [0.717, 1.165) is 87.7 Å². The Morgan fingerprint density at radius 1 is 0.780 bits per heavy atom. The fraction of sp³-hybridized carbons (Fsp3) is 0.625. The lowest BCUT2D eigenvalue weighted by atomic mass is 9.83. The van der Waals surface area contributed by atoms with Crippen LogP contribution in [-0.2, 0) is 9.84 Å². The molecule has 274 valence electrons. The van der Waals surface area contributed by atoms with E-state index in [1.165, 1.54) is 25.9 Å². The van der Waals surface area contributed by atoms with Gasteiger partial charge in [0.1, 0.15) is 22.0 Å². The van der Waals surface area contributed by atoms with Crippen LogP contribution >= 0.6 is 0 Å². The van der Waals surface area contributed by atoms with E-state index < -0.39 is 9.84 Å². The van der Waals surface area contributed by atoms with Crippen molar-refractivity contribution in [1.29, 1.82) is 0 Å². The predicted octanol–water partition coefficient (Wildman–Crippen LogP) is 6.74. The Labute approximate surface area is 300 Å². The van der Waals surface area contributed by atoms with Crippen LogP contribution in [0.15, 0.2) is 58.5 Å². The summed E-state index contributed by atoms with van der Waals surface area (Å²) in [5, 5.41) is 0.801. The molecule has 3 aliphatic heterocycles. The average Bonchev–Trinajstić information content (AvgIpc) is 3.10. The second-order valence-electron chi connectivity index (χ2n) is 16.4. The number of likely N-dealkylation sites (tertiary alicyclic amines) is 1. The van der Waals surface area contributed by atoms with Gasteiger partial charge < -0.3 is 19.3 Å². The molecule has 9 nitrogen and oxygen atoms in total. The maximum Gasteiger partial charge on any atom is 0.210 e. The summed E-state index contributed by atoms with van der Waals surface area (Å²) in [7, 11) is -2.26. The number of ether oxygens (including phenoxy) is 2. The summed E-state index contributed by atoms with van der Waals surface area (Å²) < 4.78 is 40.8. The molecule has 0 amide bonds. The Hall–Kier alpha value is -2.92. The van der Waals surface area contributed by atoms with Gasteiger partial charge in [0.2, 0.25) is 9.84 Å². The summed E-state index contributed by atoms with van der Waals surface area (Å²) in [6.45, 7) is 22.7. The van der Waals surface area contributed by atoms with E-state index in [1.807, 2.05) is 18.2 Å². The number of nitrogens with zero attached hydrogens (tertiary/aromatic N) is 5. The first-order valence-corrected chi connectivity index (χ1v) is 20.2. The summed E-state index contributed by atoms with van der Waals surface area (Å²) in [6, 6.07) is 13.8. The van der Waals surface area contributed by atoms with Gasteiger partial charge in [-0.15, -0.1) is 0 Å². The number of hydrogen-bond donors (Lipinski definition) is 0. The molecule has 3 aliphatic rings. The number of rotatable bonds is 10. The number of sulfone groups is 1. The first kappa shape index (κ1) is 36.9. The minimum atomic E-state index is -3.89. The van der Waals surface area contributed by atoms with Crippen LogP contribution in [0.4, 0.5) is 5.69 Å². The minimum absolute atomic E-state index is 0.102. The van der Waals surface area contributed by atoms with Crippen molar-refractivity contribution in [3.8, 4) is 11.5 Å². The molecule has 50 heavy (non-hydrogen) atoms. The van der Waals surface area contributed by atoms with Crippen LogP contribution < -0.4 is 14.4 Å². The number of anilines is 1. The number of fused-ring (bicyclic) bond motifs is 1. The topological polar surface area (TPSA) is 78.5 Å². The molecule has 0 bridgehead atoms. The molecule has 3 aromatic rings. The largest absolute Gasteiger partial charge is 0.497 e. The van der Waals surface area contributed by atoms with Crippen LogP contribution in [0.2, 0.25) is 0 Å². The van der Waals surface area contributed by atoms with Gasteiger partial charge in [-0.1, -0.05) is 27.7 Å². The summed E-state index contributed by atoms with van der Waals surface area (Å²) in [5.41, 5.74) is 1.19. The lowest BCUT2D eigenvalue weighted by Gasteiger charge is -2.46. The fourth-order valence-electron chi connectivity index (χ4n) is 8.76. The predicted molar refractivity (Wildman–Crippen MR) is 202 cm³/mol. The number of piperidine rings is 2. The quantitative estimate of drug-likeness (QED) is 0.228. The van der Waals surface area contributed by atoms with Crippen molar-refractivity contribution in [3.63, 3.8) is 0 Å². The second-order valence-corrected chi connectivity index (χ2v) is 18.3. The van der Waals surface area contributed by atoms with Crippen molar-refractivity contribution in [2.75, 3.05) is 70.9 Å². The van der Waals surface area contributed by atoms with Crippen LogP contribution in [0.1, 0.15) is 73.6 Å². The lowest BCUT2D eigenvalue weighted by Crippen LogP contribution is -2.56. The van der Waals surface area contributed by atoms with Gasteiger partial charge in [-0.05, 0) is 113 Å². The molecule has 0 atom stereocenters. The third kappa shape index (κ3) is 8.41. The van der Waals surface area contributed by atoms with E-state index in [2.05, 4.69) is 66.1 Å². The van der Waals surface area contributed by atoms with Crippen LogP contribution in [0.3, 0.4) is 0 Å². The highest BCUT2D eigenvalue weighted by Gasteiger charge is 2.34. The molecular formula is C40H59N5O4S. The number of aromatic nitrogens is 1. The first-order chi connectivity index (χ1) is 23.8. The molecule has 3 fully saturated rings. The van der Waals surface area contributed by atoms with E-state index in [0.29, 0.717) is 17.5 Å². The van der Waals surface area contributed by atoms with Crippen molar-refractivity contribution in [2.45, 2.75) is 101 Å². The molecule has 0 unspecified atom stereocenters. The molecular weight excluding hydrogens is 647 g/mol. The fourth-order valence-corrected chi connectivity index (χ4v) is 10.2. The summed E-state index contributed by atoms with van der Waals surface area (Å²) in [6.07, 6.45) is 6.98. The van der Waals surface area contributed by atoms with E-state index in [9.17, 15) is 8.42 Å². The smallest absolute Gasteiger partial charge is 0.210 e. The van der Waals surface area contributed by atoms with Crippen molar-refractivity contribution in [3.05, 3.63) is 48.7 Å². The third-order valence-corrected chi connectivity index (χ3v) is 12.7. The van der Waals surface area contributed by atoms with E-state index in [-0.39, 0.29) is 20.8 Å². The van der Waals surface area contributed by atoms with Crippen molar-refractivity contribution < 1.29 is 17.9 Å². The zero-order chi connectivity index (χ0) is 35.7. The van der Waals surface area contributed by atoms with Crippen molar-refractivity contribution in [2.24, 2.45) is 5.41 Å². The maximum atomic E-state index is 14.4. The SMILES string of the molecule is CCN1CCC(N2CCN(C3CCN(c4c(S(=O)(=O)c5ccc(OC(C)(C)CC(C)(C)C)cc5)cnc5ccc(OC)cc45)CC3)CC2)CC1. The minimum Gasteiger partial charge on any atom is -0.497 e. The molecule has 0 N–H and O–H groups in total. The van der Waals surface area contributed by atoms with Gasteiger partial charge in [0.25, 0.3) is 0 Å². The Balaban J connectivity index is 1.19. The highest BCUT2D eigenvalue weighted by Crippen LogP contribution is 2.40. The highest BCUT2D eigenvalue weighted by molar-refractivity contribution is 7.91. The summed E-state index contributed by atoms with van der Waals surface area (Å²) in [4.78, 5) is 15.4. The molecule has 0 spiro atoms. The Morgan fingerprint density at radius 2 is 1.34 bits per heavy atom. The van der Waals surface area contributed by atoms with Gasteiger partial charge in [0.15, 0.2) is 0 Å². The van der Waals surface area contributed by atoms with Gasteiger partial charge in [0, 0.05) is 62.9 Å². The van der Waals surface area contributed by atoms with Crippen molar-refractivity contribution in [1.82, 2.24) is 19.7 Å². The molecule has 1 aromatic heterocycles. The first-order valence-electron chi connectivity index (χ1n) is 18.7. The number of benzene rings is 2. The molecule has 0 aliphatic carbocycles. The van der Waals surface area contributed by atoms with Gasteiger partial charge in [-0.25, -0.2) is 8.42 Å². The van der Waals surface area contributed by atoms with Gasteiger partial charge in [-0.2, -0.15) is 0 Å². The second kappa shape index (κ2) is 15.0. The monoisotopic (exact) mass is 705 g/mol. The molecule has 2 aromatic carbocycles. The average molecular weight is 706 g/mol. The lowest BCUT2D eigenvalue weighted by molar-refractivity contribution is 0.0384. The van der Waals surface area contributed by atoms with Gasteiger partial charge >= 0.3 is 0 Å². The summed E-state index contributed by atoms with van der Waals surface area (Å²) >= 11 is 0. The number of pyridine rings is 1. The Kier molecular flexibility index (Phi) is 11.0. The zero-order valence-electron chi connectivity index (χ0n) is 31.5. The highest BCUT2D eigenvalue weighted by atomic mass is 32.2. The van der Waals surface area contributed by atoms with Gasteiger partial charge in [-0.3, -0.25) is 14.8 Å². The van der Waals surface area contributed by atoms with Crippen LogP contribution in [-0.4, -0.2) is 112 Å². The Morgan fingerprint density at radius 3 is 1.88 bits per heavy atom.